The number of pyridine rings is 1. The molecule has 202 valence electrons. The lowest BCUT2D eigenvalue weighted by Gasteiger charge is -2.40. The van der Waals surface area contributed by atoms with E-state index in [-0.39, 0.29) is 17.9 Å². The summed E-state index contributed by atoms with van der Waals surface area (Å²) in [4.78, 5) is 45.8. The third-order valence-electron chi connectivity index (χ3n) is 7.43. The molecule has 2 fully saturated rings. The van der Waals surface area contributed by atoms with E-state index in [9.17, 15) is 14.4 Å². The van der Waals surface area contributed by atoms with E-state index >= 15 is 0 Å². The molecule has 9 heteroatoms. The Morgan fingerprint density at radius 1 is 0.974 bits per heavy atom. The molecule has 0 aliphatic carbocycles. The van der Waals surface area contributed by atoms with Crippen molar-refractivity contribution < 1.29 is 14.4 Å². The Bertz CT molecular complexity index is 1340. The van der Waals surface area contributed by atoms with Crippen LogP contribution in [0.15, 0.2) is 66.9 Å². The number of hydrogen-bond donors (Lipinski definition) is 3. The number of nitrogens with zero attached hydrogens (tertiary/aromatic N) is 3. The molecule has 3 aromatic rings. The van der Waals surface area contributed by atoms with Crippen LogP contribution in [0.1, 0.15) is 58.4 Å². The number of rotatable bonds is 8. The minimum atomic E-state index is -0.564. The molecule has 5 rings (SSSR count). The van der Waals surface area contributed by atoms with Crippen molar-refractivity contribution in [3.63, 3.8) is 0 Å². The van der Waals surface area contributed by atoms with E-state index in [1.807, 2.05) is 64.4 Å². The average Bonchev–Trinajstić information content (AvgIpc) is 2.97. The van der Waals surface area contributed by atoms with Crippen LogP contribution in [0.3, 0.4) is 0 Å². The quantitative estimate of drug-likeness (QED) is 0.406. The summed E-state index contributed by atoms with van der Waals surface area (Å²) in [5.74, 6) is 0.183. The fraction of sp³-hybridized carbons (Fsp3) is 0.333. The van der Waals surface area contributed by atoms with Crippen LogP contribution in [0.5, 0.6) is 0 Å². The number of piperidine rings is 2. The zero-order chi connectivity index (χ0) is 27.2. The molecule has 0 radical (unpaired) electrons. The lowest BCUT2D eigenvalue weighted by molar-refractivity contribution is -0.136. The minimum absolute atomic E-state index is 0.0238. The molecular formula is C30H34N6O3. The monoisotopic (exact) mass is 526 g/mol. The summed E-state index contributed by atoms with van der Waals surface area (Å²) < 4.78 is 0. The van der Waals surface area contributed by atoms with Crippen molar-refractivity contribution in [2.75, 3.05) is 30.3 Å². The van der Waals surface area contributed by atoms with Crippen LogP contribution in [0.2, 0.25) is 0 Å². The van der Waals surface area contributed by atoms with E-state index in [1.54, 1.807) is 6.07 Å². The number of primary amides is 1. The number of amides is 3. The van der Waals surface area contributed by atoms with Crippen LogP contribution in [0, 0.1) is 0 Å². The van der Waals surface area contributed by atoms with Gasteiger partial charge in [0.15, 0.2) is 0 Å². The molecule has 0 atom stereocenters. The van der Waals surface area contributed by atoms with Gasteiger partial charge in [0.2, 0.25) is 5.91 Å². The number of carbonyl (C=O) groups excluding carboxylic acids is 3. The molecule has 2 aliphatic heterocycles. The molecule has 1 aromatic heterocycles. The van der Waals surface area contributed by atoms with Crippen molar-refractivity contribution in [1.29, 1.82) is 0 Å². The van der Waals surface area contributed by atoms with Gasteiger partial charge in [0.05, 0.1) is 11.3 Å². The van der Waals surface area contributed by atoms with Crippen molar-refractivity contribution in [1.82, 2.24) is 14.8 Å². The van der Waals surface area contributed by atoms with Crippen molar-refractivity contribution in [2.24, 2.45) is 5.73 Å². The summed E-state index contributed by atoms with van der Waals surface area (Å²) in [6.45, 7) is 2.63. The number of hydrogen-bond acceptors (Lipinski definition) is 6. The molecule has 3 heterocycles. The molecule has 0 saturated carbocycles. The predicted molar refractivity (Wildman–Crippen MR) is 151 cm³/mol. The molecule has 0 unspecified atom stereocenters. The maximum Gasteiger partial charge on any atom is 0.253 e. The largest absolute Gasteiger partial charge is 0.380 e. The van der Waals surface area contributed by atoms with E-state index in [0.717, 1.165) is 37.8 Å². The van der Waals surface area contributed by atoms with Gasteiger partial charge in [-0.3, -0.25) is 14.4 Å². The summed E-state index contributed by atoms with van der Waals surface area (Å²) in [6, 6.07) is 19.1. The number of anilines is 3. The van der Waals surface area contributed by atoms with Gasteiger partial charge in [-0.25, -0.2) is 4.98 Å². The lowest BCUT2D eigenvalue weighted by atomic mass is 9.99. The van der Waals surface area contributed by atoms with Crippen LogP contribution in [-0.4, -0.2) is 58.2 Å². The van der Waals surface area contributed by atoms with Crippen molar-refractivity contribution in [2.45, 2.75) is 44.7 Å². The zero-order valence-electron chi connectivity index (χ0n) is 21.9. The van der Waals surface area contributed by atoms with E-state index in [2.05, 4.69) is 15.6 Å². The van der Waals surface area contributed by atoms with Gasteiger partial charge in [0.1, 0.15) is 5.82 Å². The number of benzene rings is 2. The first-order valence-corrected chi connectivity index (χ1v) is 13.5. The van der Waals surface area contributed by atoms with Crippen LogP contribution >= 0.6 is 0 Å². The Hall–Kier alpha value is -4.40. The molecule has 2 saturated heterocycles. The smallest absolute Gasteiger partial charge is 0.253 e. The Labute approximate surface area is 228 Å². The second kappa shape index (κ2) is 12.0. The fourth-order valence-electron chi connectivity index (χ4n) is 5.31. The van der Waals surface area contributed by atoms with E-state index in [1.165, 1.54) is 6.20 Å². The molecular weight excluding hydrogens is 492 g/mol. The third kappa shape index (κ3) is 6.37. The first-order chi connectivity index (χ1) is 19.0. The Kier molecular flexibility index (Phi) is 8.05. The van der Waals surface area contributed by atoms with Gasteiger partial charge in [0.25, 0.3) is 11.8 Å². The Morgan fingerprint density at radius 3 is 2.51 bits per heavy atom. The maximum atomic E-state index is 13.3. The lowest BCUT2D eigenvalue weighted by Crippen LogP contribution is -2.50. The standard InChI is InChI=1S/C30H34N6O3/c31-29(38)25-20-33-27(18-26(25)32-19-21-7-2-1-3-8-21)34-23-10-6-9-22(17-23)30(39)35-15-12-24(13-16-35)36-14-5-4-11-28(36)37/h1-3,6-10,17-18,20,24H,4-5,11-16,19H2,(H2,31,38)(H2,32,33,34). The predicted octanol–water partition coefficient (Wildman–Crippen LogP) is 4.15. The van der Waals surface area contributed by atoms with Gasteiger partial charge in [-0.05, 0) is 49.4 Å². The van der Waals surface area contributed by atoms with Crippen molar-refractivity contribution >= 4 is 34.9 Å². The Morgan fingerprint density at radius 2 is 1.77 bits per heavy atom. The van der Waals surface area contributed by atoms with Gasteiger partial charge < -0.3 is 26.2 Å². The maximum absolute atomic E-state index is 13.3. The third-order valence-corrected chi connectivity index (χ3v) is 7.43. The SMILES string of the molecule is NC(=O)c1cnc(Nc2cccc(C(=O)N3CCC(N4CCCCC4=O)CC3)c2)cc1NCc1ccccc1. The number of aromatic nitrogens is 1. The summed E-state index contributed by atoms with van der Waals surface area (Å²) in [6.07, 6.45) is 5.76. The molecule has 39 heavy (non-hydrogen) atoms. The summed E-state index contributed by atoms with van der Waals surface area (Å²) in [5.41, 5.74) is 8.81. The first kappa shape index (κ1) is 26.2. The van der Waals surface area contributed by atoms with Crippen LogP contribution in [-0.2, 0) is 11.3 Å². The molecule has 4 N–H and O–H groups in total. The number of nitrogens with one attached hydrogen (secondary N) is 2. The van der Waals surface area contributed by atoms with Crippen molar-refractivity contribution in [3.8, 4) is 0 Å². The molecule has 0 bridgehead atoms. The van der Waals surface area contributed by atoms with Crippen LogP contribution < -0.4 is 16.4 Å². The van der Waals surface area contributed by atoms with Gasteiger partial charge in [-0.2, -0.15) is 0 Å². The highest BCUT2D eigenvalue weighted by molar-refractivity contribution is 5.99. The van der Waals surface area contributed by atoms with Crippen LogP contribution in [0.4, 0.5) is 17.2 Å². The minimum Gasteiger partial charge on any atom is -0.380 e. The van der Waals surface area contributed by atoms with Crippen molar-refractivity contribution in [3.05, 3.63) is 83.6 Å². The normalized spacial score (nSPS) is 16.2. The van der Waals surface area contributed by atoms with Gasteiger partial charge in [0, 0.05) is 62.2 Å². The van der Waals surface area contributed by atoms with Gasteiger partial charge in [-0.15, -0.1) is 0 Å². The highest BCUT2D eigenvalue weighted by atomic mass is 16.2. The molecule has 0 spiro atoms. The molecule has 2 aromatic carbocycles. The average molecular weight is 527 g/mol. The number of likely N-dealkylation sites (tertiary alicyclic amines) is 2. The summed E-state index contributed by atoms with van der Waals surface area (Å²) in [7, 11) is 0. The second-order valence-electron chi connectivity index (χ2n) is 10.1. The summed E-state index contributed by atoms with van der Waals surface area (Å²) >= 11 is 0. The topological polar surface area (TPSA) is 121 Å². The zero-order valence-corrected chi connectivity index (χ0v) is 21.9. The van der Waals surface area contributed by atoms with Gasteiger partial charge >= 0.3 is 0 Å². The highest BCUT2D eigenvalue weighted by Crippen LogP contribution is 2.25. The molecule has 9 nitrogen and oxygen atoms in total. The first-order valence-electron chi connectivity index (χ1n) is 13.5. The molecule has 2 aliphatic rings. The van der Waals surface area contributed by atoms with E-state index in [4.69, 9.17) is 5.73 Å². The highest BCUT2D eigenvalue weighted by Gasteiger charge is 2.31. The van der Waals surface area contributed by atoms with E-state index < -0.39 is 5.91 Å². The van der Waals surface area contributed by atoms with E-state index in [0.29, 0.717) is 54.4 Å². The fourth-order valence-corrected chi connectivity index (χ4v) is 5.31. The Balaban J connectivity index is 1.24. The van der Waals surface area contributed by atoms with Gasteiger partial charge in [-0.1, -0.05) is 36.4 Å². The van der Waals surface area contributed by atoms with Crippen LogP contribution in [0.25, 0.3) is 0 Å². The summed E-state index contributed by atoms with van der Waals surface area (Å²) in [5, 5.41) is 6.52. The molecule has 3 amide bonds. The second-order valence-corrected chi connectivity index (χ2v) is 10.1. The number of carbonyl (C=O) groups is 3. The number of nitrogens with two attached hydrogens (primary N) is 1.